The number of carbonyl (C=O) groups is 2. The maximum atomic E-state index is 12.1. The lowest BCUT2D eigenvalue weighted by molar-refractivity contribution is 0.0597. The number of hydrogen-bond donors (Lipinski definition) is 2. The van der Waals surface area contributed by atoms with E-state index in [0.717, 1.165) is 11.1 Å². The van der Waals surface area contributed by atoms with Crippen molar-refractivity contribution in [3.63, 3.8) is 0 Å². The maximum Gasteiger partial charge on any atom is 0.341 e. The monoisotopic (exact) mass is 376 g/mol. The number of carbonyl (C=O) groups excluding carboxylic acids is 2. The molecule has 2 N–H and O–H groups in total. The standard InChI is InChI=1S/C19H21ClN2O4/c1-12(14-5-4-6-15(20)10-14)22-19(24)21-11-13-7-8-17(25-2)16(9-13)18(23)26-3/h4-10,12H,11H2,1-3H3,(H2,21,22,24). The Bertz CT molecular complexity index is 795. The molecule has 2 aromatic carbocycles. The molecule has 1 atom stereocenters. The molecule has 1 unspecified atom stereocenters. The summed E-state index contributed by atoms with van der Waals surface area (Å²) < 4.78 is 9.89. The second-order valence-electron chi connectivity index (χ2n) is 5.63. The van der Waals surface area contributed by atoms with Gasteiger partial charge in [0.1, 0.15) is 11.3 Å². The Hall–Kier alpha value is -2.73. The van der Waals surface area contributed by atoms with Gasteiger partial charge in [0.25, 0.3) is 0 Å². The van der Waals surface area contributed by atoms with Crippen LogP contribution in [0.15, 0.2) is 42.5 Å². The first kappa shape index (κ1) is 19.6. The van der Waals surface area contributed by atoms with E-state index in [1.54, 1.807) is 30.3 Å². The largest absolute Gasteiger partial charge is 0.496 e. The van der Waals surface area contributed by atoms with Gasteiger partial charge in [0.15, 0.2) is 0 Å². The number of esters is 1. The molecule has 0 aromatic heterocycles. The number of ether oxygens (including phenoxy) is 2. The van der Waals surface area contributed by atoms with Gasteiger partial charge in [-0.3, -0.25) is 0 Å². The molecule has 0 saturated carbocycles. The third-order valence-electron chi connectivity index (χ3n) is 3.82. The quantitative estimate of drug-likeness (QED) is 0.754. The summed E-state index contributed by atoms with van der Waals surface area (Å²) in [5, 5.41) is 6.22. The summed E-state index contributed by atoms with van der Waals surface area (Å²) in [4.78, 5) is 23.9. The highest BCUT2D eigenvalue weighted by Crippen LogP contribution is 2.21. The summed E-state index contributed by atoms with van der Waals surface area (Å²) in [6, 6.07) is 11.8. The number of methoxy groups -OCH3 is 2. The number of benzene rings is 2. The van der Waals surface area contributed by atoms with E-state index in [-0.39, 0.29) is 18.6 Å². The number of amides is 2. The fraction of sp³-hybridized carbons (Fsp3) is 0.263. The van der Waals surface area contributed by atoms with E-state index in [2.05, 4.69) is 10.6 Å². The Morgan fingerprint density at radius 1 is 1.15 bits per heavy atom. The zero-order chi connectivity index (χ0) is 19.1. The molecule has 26 heavy (non-hydrogen) atoms. The van der Waals surface area contributed by atoms with Crippen LogP contribution in [0.5, 0.6) is 5.75 Å². The fourth-order valence-electron chi connectivity index (χ4n) is 2.42. The minimum atomic E-state index is -0.497. The molecule has 2 amide bonds. The third-order valence-corrected chi connectivity index (χ3v) is 4.05. The van der Waals surface area contributed by atoms with Crippen molar-refractivity contribution in [2.75, 3.05) is 14.2 Å². The average molecular weight is 377 g/mol. The van der Waals surface area contributed by atoms with Crippen molar-refractivity contribution in [2.45, 2.75) is 19.5 Å². The van der Waals surface area contributed by atoms with Gasteiger partial charge in [-0.25, -0.2) is 9.59 Å². The molecular formula is C19H21ClN2O4. The van der Waals surface area contributed by atoms with Crippen molar-refractivity contribution < 1.29 is 19.1 Å². The molecule has 0 saturated heterocycles. The summed E-state index contributed by atoms with van der Waals surface area (Å²) >= 11 is 5.97. The molecule has 2 rings (SSSR count). The summed E-state index contributed by atoms with van der Waals surface area (Å²) in [6.07, 6.45) is 0. The van der Waals surface area contributed by atoms with E-state index in [4.69, 9.17) is 21.1 Å². The highest BCUT2D eigenvalue weighted by molar-refractivity contribution is 6.30. The van der Waals surface area contributed by atoms with Crippen molar-refractivity contribution >= 4 is 23.6 Å². The molecule has 0 spiro atoms. The van der Waals surface area contributed by atoms with Crippen molar-refractivity contribution in [3.05, 3.63) is 64.2 Å². The Labute approximate surface area is 157 Å². The van der Waals surface area contributed by atoms with Crippen LogP contribution in [0.3, 0.4) is 0 Å². The predicted molar refractivity (Wildman–Crippen MR) is 99.6 cm³/mol. The lowest BCUT2D eigenvalue weighted by Crippen LogP contribution is -2.36. The molecule has 0 aliphatic rings. The normalized spacial score (nSPS) is 11.4. The Morgan fingerprint density at radius 2 is 1.92 bits per heavy atom. The molecule has 0 fully saturated rings. The number of rotatable bonds is 6. The lowest BCUT2D eigenvalue weighted by atomic mass is 10.1. The van der Waals surface area contributed by atoms with Gasteiger partial charge in [-0.15, -0.1) is 0 Å². The van der Waals surface area contributed by atoms with E-state index in [1.165, 1.54) is 14.2 Å². The number of halogens is 1. The average Bonchev–Trinajstić information content (AvgIpc) is 2.65. The molecule has 6 nitrogen and oxygen atoms in total. The number of hydrogen-bond acceptors (Lipinski definition) is 4. The highest BCUT2D eigenvalue weighted by Gasteiger charge is 2.14. The van der Waals surface area contributed by atoms with Crippen LogP contribution in [0.25, 0.3) is 0 Å². The van der Waals surface area contributed by atoms with Gasteiger partial charge in [0, 0.05) is 11.6 Å². The van der Waals surface area contributed by atoms with Crippen molar-refractivity contribution in [3.8, 4) is 5.75 Å². The Morgan fingerprint density at radius 3 is 2.58 bits per heavy atom. The van der Waals surface area contributed by atoms with Crippen LogP contribution < -0.4 is 15.4 Å². The zero-order valence-corrected chi connectivity index (χ0v) is 15.6. The molecule has 2 aromatic rings. The van der Waals surface area contributed by atoms with E-state index < -0.39 is 5.97 Å². The van der Waals surface area contributed by atoms with Crippen LogP contribution in [0, 0.1) is 0 Å². The Balaban J connectivity index is 1.97. The molecule has 0 aliphatic carbocycles. The van der Waals surface area contributed by atoms with Crippen LogP contribution in [0.2, 0.25) is 5.02 Å². The summed E-state index contributed by atoms with van der Waals surface area (Å²) in [5.74, 6) is -0.0811. The molecule has 0 aliphatic heterocycles. The number of urea groups is 1. The fourth-order valence-corrected chi connectivity index (χ4v) is 2.62. The van der Waals surface area contributed by atoms with Gasteiger partial charge in [0.05, 0.1) is 20.3 Å². The van der Waals surface area contributed by atoms with Gasteiger partial charge < -0.3 is 20.1 Å². The first-order valence-corrected chi connectivity index (χ1v) is 8.37. The maximum absolute atomic E-state index is 12.1. The molecular weight excluding hydrogens is 356 g/mol. The van der Waals surface area contributed by atoms with Gasteiger partial charge in [0.2, 0.25) is 0 Å². The lowest BCUT2D eigenvalue weighted by Gasteiger charge is -2.16. The minimum Gasteiger partial charge on any atom is -0.496 e. The van der Waals surface area contributed by atoms with Crippen LogP contribution >= 0.6 is 11.6 Å². The summed E-state index contributed by atoms with van der Waals surface area (Å²) in [6.45, 7) is 2.12. The number of nitrogens with one attached hydrogen (secondary N) is 2. The summed E-state index contributed by atoms with van der Waals surface area (Å²) in [5.41, 5.74) is 1.96. The van der Waals surface area contributed by atoms with Gasteiger partial charge in [-0.2, -0.15) is 0 Å². The van der Waals surface area contributed by atoms with Crippen molar-refractivity contribution in [1.82, 2.24) is 10.6 Å². The third kappa shape index (κ3) is 5.13. The molecule has 0 radical (unpaired) electrons. The van der Waals surface area contributed by atoms with E-state index in [9.17, 15) is 9.59 Å². The molecule has 7 heteroatoms. The van der Waals surface area contributed by atoms with E-state index >= 15 is 0 Å². The second kappa shape index (κ2) is 9.10. The second-order valence-corrected chi connectivity index (χ2v) is 6.07. The minimum absolute atomic E-state index is 0.199. The smallest absolute Gasteiger partial charge is 0.341 e. The first-order valence-electron chi connectivity index (χ1n) is 7.99. The first-order chi connectivity index (χ1) is 12.4. The van der Waals surface area contributed by atoms with Crippen LogP contribution in [0.4, 0.5) is 4.79 Å². The molecule has 0 bridgehead atoms. The molecule has 0 heterocycles. The van der Waals surface area contributed by atoms with Gasteiger partial charge in [-0.1, -0.05) is 29.8 Å². The molecule has 138 valence electrons. The van der Waals surface area contributed by atoms with Crippen molar-refractivity contribution in [1.29, 1.82) is 0 Å². The van der Waals surface area contributed by atoms with E-state index in [1.807, 2.05) is 19.1 Å². The van der Waals surface area contributed by atoms with Gasteiger partial charge in [-0.05, 0) is 42.3 Å². The summed E-state index contributed by atoms with van der Waals surface area (Å²) in [7, 11) is 2.78. The van der Waals surface area contributed by atoms with E-state index in [0.29, 0.717) is 16.3 Å². The van der Waals surface area contributed by atoms with Crippen LogP contribution in [-0.2, 0) is 11.3 Å². The zero-order valence-electron chi connectivity index (χ0n) is 14.8. The Kier molecular flexibility index (Phi) is 6.86. The van der Waals surface area contributed by atoms with Crippen LogP contribution in [0.1, 0.15) is 34.5 Å². The van der Waals surface area contributed by atoms with Gasteiger partial charge >= 0.3 is 12.0 Å². The predicted octanol–water partition coefficient (Wildman–Crippen LogP) is 3.70. The van der Waals surface area contributed by atoms with Crippen LogP contribution in [-0.4, -0.2) is 26.2 Å². The topological polar surface area (TPSA) is 76.7 Å². The van der Waals surface area contributed by atoms with Crippen molar-refractivity contribution in [2.24, 2.45) is 0 Å². The SMILES string of the molecule is COC(=O)c1cc(CNC(=O)NC(C)c2cccc(Cl)c2)ccc1OC. The highest BCUT2D eigenvalue weighted by atomic mass is 35.5.